The Hall–Kier alpha value is -3.55. The molecule has 3 aromatic heterocycles. The van der Waals surface area contributed by atoms with Crippen LogP contribution in [-0.4, -0.2) is 67.1 Å². The van der Waals surface area contributed by atoms with E-state index in [1.807, 2.05) is 0 Å². The van der Waals surface area contributed by atoms with E-state index in [4.69, 9.17) is 19.8 Å². The summed E-state index contributed by atoms with van der Waals surface area (Å²) in [4.78, 5) is 35.9. The van der Waals surface area contributed by atoms with E-state index >= 15 is 0 Å². The summed E-state index contributed by atoms with van der Waals surface area (Å²) in [5.41, 5.74) is 2.23. The zero-order valence-corrected chi connectivity index (χ0v) is 24.9. The number of rotatable bonds is 7. The molecule has 1 aliphatic carbocycles. The summed E-state index contributed by atoms with van der Waals surface area (Å²) >= 11 is 0. The van der Waals surface area contributed by atoms with E-state index in [1.54, 1.807) is 30.0 Å². The van der Waals surface area contributed by atoms with Crippen molar-refractivity contribution in [2.45, 2.75) is 82.3 Å². The van der Waals surface area contributed by atoms with Gasteiger partial charge in [0.1, 0.15) is 5.69 Å². The number of aryl methyl sites for hydroxylation is 1. The average molecular weight is 617 g/mol. The maximum Gasteiger partial charge on any atom is 0.393 e. The smallest absolute Gasteiger partial charge is 0.381 e. The van der Waals surface area contributed by atoms with Crippen molar-refractivity contribution in [2.75, 3.05) is 19.8 Å². The van der Waals surface area contributed by atoms with Crippen molar-refractivity contribution in [3.63, 3.8) is 0 Å². The van der Waals surface area contributed by atoms with Gasteiger partial charge in [0.2, 0.25) is 5.91 Å². The Kier molecular flexibility index (Phi) is 8.88. The zero-order valence-electron chi connectivity index (χ0n) is 24.9. The number of nitrogens with one attached hydrogen (secondary N) is 2. The van der Waals surface area contributed by atoms with Crippen LogP contribution in [0.5, 0.6) is 0 Å². The Bertz CT molecular complexity index is 1470. The second kappa shape index (κ2) is 12.8. The average Bonchev–Trinajstić information content (AvgIpc) is 3.52. The van der Waals surface area contributed by atoms with Gasteiger partial charge in [-0.1, -0.05) is 25.7 Å². The summed E-state index contributed by atoms with van der Waals surface area (Å²) in [6.07, 6.45) is 6.40. The van der Waals surface area contributed by atoms with Crippen LogP contribution in [-0.2, 0) is 23.0 Å². The fourth-order valence-electron chi connectivity index (χ4n) is 6.93. The molecule has 2 saturated heterocycles. The largest absolute Gasteiger partial charge is 0.393 e. The van der Waals surface area contributed by atoms with E-state index < -0.39 is 30.5 Å². The van der Waals surface area contributed by atoms with Crippen LogP contribution in [0.15, 0.2) is 18.5 Å². The third kappa shape index (κ3) is 6.59. The van der Waals surface area contributed by atoms with Gasteiger partial charge in [0, 0.05) is 51.3 Å². The quantitative estimate of drug-likeness (QED) is 0.384. The Morgan fingerprint density at radius 2 is 1.89 bits per heavy atom. The van der Waals surface area contributed by atoms with Gasteiger partial charge in [-0.3, -0.25) is 14.3 Å². The Morgan fingerprint density at radius 1 is 1.14 bits per heavy atom. The van der Waals surface area contributed by atoms with Crippen molar-refractivity contribution in [2.24, 2.45) is 24.8 Å². The molecule has 3 aromatic rings. The molecule has 2 aliphatic heterocycles. The number of halogens is 3. The van der Waals surface area contributed by atoms with Crippen LogP contribution >= 0.6 is 0 Å². The minimum Gasteiger partial charge on any atom is -0.381 e. The van der Waals surface area contributed by atoms with Crippen LogP contribution in [0.2, 0.25) is 0 Å². The van der Waals surface area contributed by atoms with Gasteiger partial charge in [-0.2, -0.15) is 23.4 Å². The monoisotopic (exact) mass is 616 g/mol. The number of piperidine rings is 1. The summed E-state index contributed by atoms with van der Waals surface area (Å²) in [5, 5.41) is 14.6. The Balaban J connectivity index is 1.36. The summed E-state index contributed by atoms with van der Waals surface area (Å²) in [7, 11) is 1.72. The minimum absolute atomic E-state index is 0.0105. The van der Waals surface area contributed by atoms with E-state index in [0.717, 1.165) is 38.5 Å². The van der Waals surface area contributed by atoms with Crippen LogP contribution in [0.1, 0.15) is 97.3 Å². The molecule has 0 radical (unpaired) electrons. The number of carbonyl (C=O) groups is 2. The van der Waals surface area contributed by atoms with Gasteiger partial charge >= 0.3 is 6.18 Å². The molecule has 238 valence electrons. The summed E-state index contributed by atoms with van der Waals surface area (Å²) < 4.78 is 49.4. The van der Waals surface area contributed by atoms with Gasteiger partial charge in [0.05, 0.1) is 35.2 Å². The first-order chi connectivity index (χ1) is 21.2. The SMILES string of the molecule is Cn1nccc1C(=O)N[C@H](c1cn2nc(C[C@H]3C[C@@H](C(F)(F)F)CNC3=O)c(C3CCOCC3)nc2n1)C1CCCCCC1. The number of fused-ring (bicyclic) bond motifs is 1. The number of hydrogen-bond acceptors (Lipinski definition) is 7. The zero-order chi connectivity index (χ0) is 30.8. The third-order valence-electron chi connectivity index (χ3n) is 9.44. The van der Waals surface area contributed by atoms with Crippen LogP contribution < -0.4 is 10.6 Å². The van der Waals surface area contributed by atoms with Crippen molar-refractivity contribution in [3.05, 3.63) is 41.2 Å². The second-order valence-electron chi connectivity index (χ2n) is 12.4. The molecule has 0 unspecified atom stereocenters. The molecule has 2 amide bonds. The molecule has 11 nitrogen and oxygen atoms in total. The molecule has 14 heteroatoms. The van der Waals surface area contributed by atoms with E-state index in [1.165, 1.54) is 4.68 Å². The number of hydrogen-bond donors (Lipinski definition) is 2. The molecule has 2 N–H and O–H groups in total. The molecule has 0 aromatic carbocycles. The number of imidazole rings is 1. The molecule has 3 fully saturated rings. The van der Waals surface area contributed by atoms with Crippen molar-refractivity contribution in [1.29, 1.82) is 0 Å². The molecule has 3 aliphatic rings. The highest BCUT2D eigenvalue weighted by molar-refractivity contribution is 5.92. The predicted octanol–water partition coefficient (Wildman–Crippen LogP) is 4.05. The van der Waals surface area contributed by atoms with Crippen molar-refractivity contribution < 1.29 is 27.5 Å². The van der Waals surface area contributed by atoms with E-state index in [9.17, 15) is 22.8 Å². The Labute approximate surface area is 253 Å². The molecule has 5 heterocycles. The maximum atomic E-state index is 13.6. The number of ether oxygens (including phenoxy) is 1. The lowest BCUT2D eigenvalue weighted by atomic mass is 9.84. The van der Waals surface area contributed by atoms with Gasteiger partial charge in [-0.15, -0.1) is 0 Å². The normalized spacial score (nSPS) is 23.3. The van der Waals surface area contributed by atoms with Crippen LogP contribution in [0.4, 0.5) is 13.2 Å². The fraction of sp³-hybridized carbons (Fsp3) is 0.667. The second-order valence-corrected chi connectivity index (χ2v) is 12.4. The van der Waals surface area contributed by atoms with Gasteiger partial charge in [-0.05, 0) is 44.1 Å². The van der Waals surface area contributed by atoms with Crippen molar-refractivity contribution >= 4 is 17.6 Å². The van der Waals surface area contributed by atoms with Gasteiger partial charge in [0.15, 0.2) is 0 Å². The van der Waals surface area contributed by atoms with Crippen LogP contribution in [0.3, 0.4) is 0 Å². The van der Waals surface area contributed by atoms with Gasteiger partial charge in [0.25, 0.3) is 11.7 Å². The lowest BCUT2D eigenvalue weighted by Crippen LogP contribution is -2.47. The van der Waals surface area contributed by atoms with Crippen molar-refractivity contribution in [1.82, 2.24) is 40.0 Å². The number of amides is 2. The fourth-order valence-corrected chi connectivity index (χ4v) is 6.93. The third-order valence-corrected chi connectivity index (χ3v) is 9.44. The number of aromatic nitrogens is 6. The first kappa shape index (κ1) is 30.5. The van der Waals surface area contributed by atoms with E-state index in [2.05, 4.69) is 15.7 Å². The molecule has 6 rings (SSSR count). The molecular formula is C30H39F3N8O3. The number of alkyl halides is 3. The maximum absolute atomic E-state index is 13.6. The van der Waals surface area contributed by atoms with Gasteiger partial charge < -0.3 is 15.4 Å². The Morgan fingerprint density at radius 3 is 2.57 bits per heavy atom. The molecule has 3 atom stereocenters. The molecule has 0 bridgehead atoms. The molecular weight excluding hydrogens is 577 g/mol. The lowest BCUT2D eigenvalue weighted by molar-refractivity contribution is -0.183. The highest BCUT2D eigenvalue weighted by Crippen LogP contribution is 2.37. The summed E-state index contributed by atoms with van der Waals surface area (Å²) in [6, 6.07) is 1.29. The molecule has 1 saturated carbocycles. The van der Waals surface area contributed by atoms with Crippen LogP contribution in [0.25, 0.3) is 5.78 Å². The molecule has 0 spiro atoms. The predicted molar refractivity (Wildman–Crippen MR) is 153 cm³/mol. The topological polar surface area (TPSA) is 128 Å². The minimum atomic E-state index is -4.39. The first-order valence-corrected chi connectivity index (χ1v) is 15.6. The van der Waals surface area contributed by atoms with E-state index in [-0.39, 0.29) is 36.6 Å². The standard InChI is InChI=1S/C30H39F3N8O3/c1-40-24(8-11-35-40)28(43)37-26(18-6-4-2-3-5-7-18)23-17-41-29(36-23)38-25(19-9-12-44-13-10-19)22(39-41)15-20-14-21(30(31,32)33)16-34-27(20)42/h8,11,17-21,26H,2-7,9-10,12-16H2,1H3,(H,34,42)(H,37,43)/t20-,21-,26+/m1/s1. The first-order valence-electron chi connectivity index (χ1n) is 15.6. The van der Waals surface area contributed by atoms with E-state index in [0.29, 0.717) is 54.6 Å². The summed E-state index contributed by atoms with van der Waals surface area (Å²) in [6.45, 7) is 0.676. The lowest BCUT2D eigenvalue weighted by Gasteiger charge is -2.31. The summed E-state index contributed by atoms with van der Waals surface area (Å²) in [5.74, 6) is -2.61. The molecule has 44 heavy (non-hydrogen) atoms. The highest BCUT2D eigenvalue weighted by atomic mass is 19.4. The van der Waals surface area contributed by atoms with Crippen molar-refractivity contribution in [3.8, 4) is 0 Å². The van der Waals surface area contributed by atoms with Gasteiger partial charge in [-0.25, -0.2) is 14.5 Å². The number of nitrogens with zero attached hydrogens (tertiary/aromatic N) is 6. The highest BCUT2D eigenvalue weighted by Gasteiger charge is 2.45. The number of carbonyl (C=O) groups excluding carboxylic acids is 2. The van der Waals surface area contributed by atoms with Crippen LogP contribution in [0, 0.1) is 17.8 Å².